The number of halogens is 3. The van der Waals surface area contributed by atoms with Gasteiger partial charge in [0.2, 0.25) is 0 Å². The molecule has 2 N–H and O–H groups in total. The molecular formula is C13H25F3N2O. The highest BCUT2D eigenvalue weighted by molar-refractivity contribution is 4.94. The Bertz CT molecular complexity index is 269. The van der Waals surface area contributed by atoms with Crippen molar-refractivity contribution in [3.8, 4) is 0 Å². The summed E-state index contributed by atoms with van der Waals surface area (Å²) in [5, 5.41) is 0. The number of methoxy groups -OCH3 is 1. The van der Waals surface area contributed by atoms with Gasteiger partial charge >= 0.3 is 6.18 Å². The number of nitrogens with two attached hydrogens (primary N) is 1. The molecular weight excluding hydrogens is 257 g/mol. The van der Waals surface area contributed by atoms with Crippen molar-refractivity contribution in [3.05, 3.63) is 0 Å². The van der Waals surface area contributed by atoms with E-state index in [-0.39, 0.29) is 12.6 Å². The van der Waals surface area contributed by atoms with Crippen LogP contribution in [0.4, 0.5) is 13.2 Å². The number of hydrogen-bond donors (Lipinski definition) is 1. The molecule has 6 heteroatoms. The quantitative estimate of drug-likeness (QED) is 0.743. The maximum atomic E-state index is 13.3. The highest BCUT2D eigenvalue weighted by Crippen LogP contribution is 2.38. The molecule has 0 aromatic rings. The minimum Gasteiger partial charge on any atom is -0.383 e. The van der Waals surface area contributed by atoms with Crippen molar-refractivity contribution in [3.63, 3.8) is 0 Å². The third-order valence-electron chi connectivity index (χ3n) is 3.95. The van der Waals surface area contributed by atoms with Crippen molar-refractivity contribution in [1.29, 1.82) is 0 Å². The molecule has 0 amide bonds. The zero-order chi connectivity index (χ0) is 14.6. The van der Waals surface area contributed by atoms with Crippen LogP contribution < -0.4 is 5.73 Å². The summed E-state index contributed by atoms with van der Waals surface area (Å²) in [5.41, 5.74) is 5.73. The van der Waals surface area contributed by atoms with Crippen LogP contribution in [-0.2, 0) is 4.74 Å². The van der Waals surface area contributed by atoms with Gasteiger partial charge in [-0.05, 0) is 32.1 Å². The number of ether oxygens (including phenoxy) is 1. The van der Waals surface area contributed by atoms with E-state index in [1.165, 1.54) is 12.0 Å². The fourth-order valence-corrected chi connectivity index (χ4v) is 2.54. The Balaban J connectivity index is 2.88. The lowest BCUT2D eigenvalue weighted by Crippen LogP contribution is -2.59. The van der Waals surface area contributed by atoms with Crippen molar-refractivity contribution in [2.45, 2.75) is 57.4 Å². The van der Waals surface area contributed by atoms with Gasteiger partial charge in [-0.1, -0.05) is 6.92 Å². The molecule has 1 aliphatic carbocycles. The summed E-state index contributed by atoms with van der Waals surface area (Å²) in [6.45, 7) is 4.13. The van der Waals surface area contributed by atoms with Gasteiger partial charge in [0.15, 0.2) is 0 Å². The van der Waals surface area contributed by atoms with Crippen LogP contribution >= 0.6 is 0 Å². The molecule has 0 aromatic heterocycles. The molecule has 0 spiro atoms. The Kier molecular flexibility index (Phi) is 6.08. The van der Waals surface area contributed by atoms with Crippen LogP contribution in [0.5, 0.6) is 0 Å². The Hall–Kier alpha value is -0.330. The molecule has 0 aromatic carbocycles. The Labute approximate surface area is 113 Å². The summed E-state index contributed by atoms with van der Waals surface area (Å²) < 4.78 is 44.9. The van der Waals surface area contributed by atoms with Crippen LogP contribution in [0, 0.1) is 5.92 Å². The van der Waals surface area contributed by atoms with Crippen LogP contribution in [0.15, 0.2) is 0 Å². The molecule has 114 valence electrons. The van der Waals surface area contributed by atoms with Gasteiger partial charge in [-0.15, -0.1) is 0 Å². The van der Waals surface area contributed by atoms with Gasteiger partial charge in [0.25, 0.3) is 0 Å². The Morgan fingerprint density at radius 3 is 2.32 bits per heavy atom. The lowest BCUT2D eigenvalue weighted by atomic mass is 10.0. The predicted molar refractivity (Wildman–Crippen MR) is 68.9 cm³/mol. The van der Waals surface area contributed by atoms with Gasteiger partial charge in [-0.2, -0.15) is 13.2 Å². The van der Waals surface area contributed by atoms with E-state index in [1.54, 1.807) is 6.92 Å². The first-order chi connectivity index (χ1) is 8.82. The van der Waals surface area contributed by atoms with Gasteiger partial charge in [0.05, 0.1) is 6.61 Å². The third kappa shape index (κ3) is 4.61. The second-order valence-corrected chi connectivity index (χ2v) is 5.37. The van der Waals surface area contributed by atoms with E-state index in [2.05, 4.69) is 0 Å². The number of nitrogens with zero attached hydrogens (tertiary/aromatic N) is 1. The lowest BCUT2D eigenvalue weighted by Gasteiger charge is -2.40. The lowest BCUT2D eigenvalue weighted by molar-refractivity contribution is -0.197. The van der Waals surface area contributed by atoms with Gasteiger partial charge in [-0.3, -0.25) is 4.90 Å². The van der Waals surface area contributed by atoms with Gasteiger partial charge in [-0.25, -0.2) is 0 Å². The topological polar surface area (TPSA) is 38.5 Å². The average Bonchev–Trinajstić information content (AvgIpc) is 3.15. The Morgan fingerprint density at radius 2 is 1.95 bits per heavy atom. The largest absolute Gasteiger partial charge is 0.405 e. The number of rotatable bonds is 8. The van der Waals surface area contributed by atoms with Gasteiger partial charge in [0.1, 0.15) is 6.04 Å². The summed E-state index contributed by atoms with van der Waals surface area (Å²) in [6.07, 6.45) is -1.97. The van der Waals surface area contributed by atoms with Crippen molar-refractivity contribution in [2.24, 2.45) is 11.7 Å². The van der Waals surface area contributed by atoms with Crippen LogP contribution in [0.3, 0.4) is 0 Å². The van der Waals surface area contributed by atoms with E-state index < -0.39 is 18.3 Å². The molecule has 0 radical (unpaired) electrons. The zero-order valence-electron chi connectivity index (χ0n) is 11.9. The van der Waals surface area contributed by atoms with Crippen LogP contribution in [0.25, 0.3) is 0 Å². The molecule has 19 heavy (non-hydrogen) atoms. The van der Waals surface area contributed by atoms with Crippen LogP contribution in [0.2, 0.25) is 0 Å². The molecule has 1 rings (SSSR count). The first-order valence-corrected chi connectivity index (χ1v) is 6.89. The number of hydrogen-bond acceptors (Lipinski definition) is 3. The van der Waals surface area contributed by atoms with Crippen molar-refractivity contribution in [1.82, 2.24) is 4.90 Å². The Morgan fingerprint density at radius 1 is 1.37 bits per heavy atom. The third-order valence-corrected chi connectivity index (χ3v) is 3.95. The summed E-state index contributed by atoms with van der Waals surface area (Å²) in [5.74, 6) is 0.366. The summed E-state index contributed by atoms with van der Waals surface area (Å²) in [6, 6.07) is -2.57. The van der Waals surface area contributed by atoms with E-state index in [0.717, 1.165) is 12.8 Å². The molecule has 0 aliphatic heterocycles. The fraction of sp³-hybridized carbons (Fsp3) is 1.00. The maximum Gasteiger partial charge on any atom is 0.405 e. The minimum atomic E-state index is -4.30. The summed E-state index contributed by atoms with van der Waals surface area (Å²) >= 11 is 0. The first kappa shape index (κ1) is 16.7. The smallest absolute Gasteiger partial charge is 0.383 e. The molecule has 3 unspecified atom stereocenters. The van der Waals surface area contributed by atoms with E-state index >= 15 is 0 Å². The van der Waals surface area contributed by atoms with Crippen LogP contribution in [0.1, 0.15) is 33.1 Å². The van der Waals surface area contributed by atoms with Gasteiger partial charge in [0, 0.05) is 25.7 Å². The molecule has 0 saturated heterocycles. The maximum absolute atomic E-state index is 13.3. The monoisotopic (exact) mass is 282 g/mol. The highest BCUT2D eigenvalue weighted by Gasteiger charge is 2.49. The van der Waals surface area contributed by atoms with E-state index in [1.807, 2.05) is 6.92 Å². The molecule has 0 bridgehead atoms. The molecule has 3 nitrogen and oxygen atoms in total. The number of alkyl halides is 3. The van der Waals surface area contributed by atoms with Crippen molar-refractivity contribution in [2.75, 3.05) is 20.3 Å². The predicted octanol–water partition coefficient (Wildman–Crippen LogP) is 2.40. The summed E-state index contributed by atoms with van der Waals surface area (Å²) in [4.78, 5) is 1.50. The normalized spacial score (nSPS) is 21.5. The van der Waals surface area contributed by atoms with Crippen molar-refractivity contribution >= 4 is 0 Å². The second kappa shape index (κ2) is 6.90. The van der Waals surface area contributed by atoms with E-state index in [0.29, 0.717) is 18.9 Å². The molecule has 0 heterocycles. The standard InChI is InChI=1S/C13H25F3N2O/c1-4-11(17)12(13(14,15)16)18(7-8-19-3)9(2)10-5-6-10/h9-12H,4-8,17H2,1-3H3. The second-order valence-electron chi connectivity index (χ2n) is 5.37. The molecule has 1 aliphatic rings. The minimum absolute atomic E-state index is 0.0978. The average molecular weight is 282 g/mol. The molecule has 1 saturated carbocycles. The first-order valence-electron chi connectivity index (χ1n) is 6.89. The van der Waals surface area contributed by atoms with E-state index in [4.69, 9.17) is 10.5 Å². The molecule has 1 fully saturated rings. The fourth-order valence-electron chi connectivity index (χ4n) is 2.54. The van der Waals surface area contributed by atoms with Gasteiger partial charge < -0.3 is 10.5 Å². The van der Waals surface area contributed by atoms with E-state index in [9.17, 15) is 13.2 Å². The highest BCUT2D eigenvalue weighted by atomic mass is 19.4. The molecule has 3 atom stereocenters. The SMILES string of the molecule is CCC(N)C(N(CCOC)C(C)C1CC1)C(F)(F)F. The van der Waals surface area contributed by atoms with Crippen molar-refractivity contribution < 1.29 is 17.9 Å². The zero-order valence-corrected chi connectivity index (χ0v) is 11.9. The van der Waals surface area contributed by atoms with Crippen LogP contribution in [-0.4, -0.2) is 49.5 Å². The summed E-state index contributed by atoms with van der Waals surface area (Å²) in [7, 11) is 1.50.